The van der Waals surface area contributed by atoms with Gasteiger partial charge in [0.2, 0.25) is 5.91 Å². The molecule has 0 bridgehead atoms. The van der Waals surface area contributed by atoms with Crippen molar-refractivity contribution in [3.63, 3.8) is 0 Å². The highest BCUT2D eigenvalue weighted by molar-refractivity contribution is 5.80. The van der Waals surface area contributed by atoms with Gasteiger partial charge < -0.3 is 14.7 Å². The Bertz CT molecular complexity index is 443. The summed E-state index contributed by atoms with van der Waals surface area (Å²) in [5.74, 6) is 0.416. The smallest absolute Gasteiger partial charge is 0.228 e. The first kappa shape index (κ1) is 16.8. The van der Waals surface area contributed by atoms with Crippen molar-refractivity contribution in [3.8, 4) is 0 Å². The first-order chi connectivity index (χ1) is 11.7. The number of rotatable bonds is 3. The monoisotopic (exact) mass is 337 g/mol. The quantitative estimate of drug-likeness (QED) is 0.795. The van der Waals surface area contributed by atoms with E-state index < -0.39 is 6.10 Å². The summed E-state index contributed by atoms with van der Waals surface area (Å²) < 4.78 is 5.39. The van der Waals surface area contributed by atoms with Crippen LogP contribution in [0.3, 0.4) is 0 Å². The number of β-amino-alcohol motifs (C(OH)–C–C–N with tert-alkyl or cyclic N) is 1. The van der Waals surface area contributed by atoms with Crippen LogP contribution in [0.15, 0.2) is 0 Å². The third-order valence-electron chi connectivity index (χ3n) is 6.44. The molecule has 0 spiro atoms. The Kier molecular flexibility index (Phi) is 5.08. The zero-order valence-electron chi connectivity index (χ0n) is 14.6. The molecule has 4 aliphatic rings. The van der Waals surface area contributed by atoms with Gasteiger partial charge in [0, 0.05) is 45.3 Å². The zero-order valence-corrected chi connectivity index (χ0v) is 14.6. The van der Waals surface area contributed by atoms with Crippen molar-refractivity contribution in [1.82, 2.24) is 14.7 Å². The number of aliphatic hydroxyl groups is 1. The van der Waals surface area contributed by atoms with E-state index in [1.807, 2.05) is 4.90 Å². The Morgan fingerprint density at radius 1 is 0.917 bits per heavy atom. The Balaban J connectivity index is 1.27. The predicted molar refractivity (Wildman–Crippen MR) is 90.7 cm³/mol. The van der Waals surface area contributed by atoms with Crippen molar-refractivity contribution in [2.24, 2.45) is 5.92 Å². The van der Waals surface area contributed by atoms with E-state index in [0.29, 0.717) is 19.1 Å². The molecule has 4 rings (SSSR count). The fourth-order valence-corrected chi connectivity index (χ4v) is 4.89. The Morgan fingerprint density at radius 3 is 2.33 bits per heavy atom. The summed E-state index contributed by atoms with van der Waals surface area (Å²) in [5.41, 5.74) is 0. The molecular formula is C18H31N3O3. The molecule has 2 atom stereocenters. The van der Waals surface area contributed by atoms with Crippen LogP contribution in [0.25, 0.3) is 0 Å². The zero-order chi connectivity index (χ0) is 16.5. The van der Waals surface area contributed by atoms with Gasteiger partial charge in [-0.15, -0.1) is 0 Å². The van der Waals surface area contributed by atoms with Crippen molar-refractivity contribution < 1.29 is 14.6 Å². The molecular weight excluding hydrogens is 306 g/mol. The van der Waals surface area contributed by atoms with Crippen LogP contribution in [-0.4, -0.2) is 96.4 Å². The van der Waals surface area contributed by atoms with Gasteiger partial charge >= 0.3 is 0 Å². The Hall–Kier alpha value is -0.690. The van der Waals surface area contributed by atoms with Crippen LogP contribution in [0.5, 0.6) is 0 Å². The largest absolute Gasteiger partial charge is 0.390 e. The molecule has 0 radical (unpaired) electrons. The summed E-state index contributed by atoms with van der Waals surface area (Å²) >= 11 is 0. The van der Waals surface area contributed by atoms with Gasteiger partial charge in [-0.1, -0.05) is 19.3 Å². The molecule has 0 unspecified atom stereocenters. The van der Waals surface area contributed by atoms with Gasteiger partial charge in [-0.3, -0.25) is 14.6 Å². The van der Waals surface area contributed by atoms with E-state index in [9.17, 15) is 9.90 Å². The molecule has 1 saturated carbocycles. The lowest BCUT2D eigenvalue weighted by Gasteiger charge is -2.46. The average molecular weight is 337 g/mol. The van der Waals surface area contributed by atoms with Crippen LogP contribution in [-0.2, 0) is 9.53 Å². The van der Waals surface area contributed by atoms with Crippen molar-refractivity contribution in [3.05, 3.63) is 0 Å². The molecule has 136 valence electrons. The number of nitrogens with zero attached hydrogens (tertiary/aromatic N) is 3. The van der Waals surface area contributed by atoms with Crippen molar-refractivity contribution in [2.75, 3.05) is 52.5 Å². The summed E-state index contributed by atoms with van der Waals surface area (Å²) in [6.07, 6.45) is 6.27. The van der Waals surface area contributed by atoms with Gasteiger partial charge in [-0.25, -0.2) is 0 Å². The van der Waals surface area contributed by atoms with E-state index >= 15 is 0 Å². The first-order valence-corrected chi connectivity index (χ1v) is 9.75. The third kappa shape index (κ3) is 3.34. The topological polar surface area (TPSA) is 56.2 Å². The van der Waals surface area contributed by atoms with Crippen LogP contribution in [0.2, 0.25) is 0 Å². The van der Waals surface area contributed by atoms with Crippen LogP contribution in [0.1, 0.15) is 32.1 Å². The van der Waals surface area contributed by atoms with Crippen LogP contribution in [0, 0.1) is 5.92 Å². The maximum absolute atomic E-state index is 12.8. The molecule has 0 aromatic heterocycles. The average Bonchev–Trinajstić information content (AvgIpc) is 2.97. The molecule has 3 heterocycles. The molecule has 24 heavy (non-hydrogen) atoms. The SMILES string of the molecule is O=C(C1CN(C2CCCCC2)C1)N1C[C@@H](O)[C@H](N2CCOCC2)C1. The molecule has 1 N–H and O–H groups in total. The van der Waals surface area contributed by atoms with E-state index in [0.717, 1.165) is 39.4 Å². The second-order valence-electron chi connectivity index (χ2n) is 7.97. The standard InChI is InChI=1S/C18H31N3O3/c22-17-13-21(12-16(17)19-6-8-24-9-7-19)18(23)14-10-20(11-14)15-4-2-1-3-5-15/h14-17,22H,1-13H2/t16-,17-/m1/s1. The molecule has 0 aromatic carbocycles. The Labute approximate surface area is 144 Å². The maximum atomic E-state index is 12.8. The lowest BCUT2D eigenvalue weighted by atomic mass is 9.88. The maximum Gasteiger partial charge on any atom is 0.228 e. The minimum absolute atomic E-state index is 0.0902. The number of morpholine rings is 1. The van der Waals surface area contributed by atoms with Gasteiger partial charge in [0.1, 0.15) is 0 Å². The van der Waals surface area contributed by atoms with Gasteiger partial charge in [-0.05, 0) is 12.8 Å². The molecule has 3 aliphatic heterocycles. The van der Waals surface area contributed by atoms with Gasteiger partial charge in [-0.2, -0.15) is 0 Å². The minimum Gasteiger partial charge on any atom is -0.390 e. The number of carbonyl (C=O) groups is 1. The number of aliphatic hydroxyl groups excluding tert-OH is 1. The fraction of sp³-hybridized carbons (Fsp3) is 0.944. The molecule has 4 fully saturated rings. The Morgan fingerprint density at radius 2 is 1.62 bits per heavy atom. The van der Waals surface area contributed by atoms with Crippen molar-refractivity contribution >= 4 is 5.91 Å². The molecule has 6 nitrogen and oxygen atoms in total. The summed E-state index contributed by atoms with van der Waals surface area (Å²) in [6, 6.07) is 0.806. The number of ether oxygens (including phenoxy) is 1. The van der Waals surface area contributed by atoms with Crippen molar-refractivity contribution in [2.45, 2.75) is 50.3 Å². The lowest BCUT2D eigenvalue weighted by molar-refractivity contribution is -0.142. The molecule has 1 amide bonds. The van der Waals surface area contributed by atoms with Gasteiger partial charge in [0.25, 0.3) is 0 Å². The van der Waals surface area contributed by atoms with E-state index in [1.165, 1.54) is 32.1 Å². The highest BCUT2D eigenvalue weighted by Gasteiger charge is 2.43. The van der Waals surface area contributed by atoms with E-state index in [-0.39, 0.29) is 17.9 Å². The predicted octanol–water partition coefficient (Wildman–Crippen LogP) is 0.155. The summed E-state index contributed by atoms with van der Waals surface area (Å²) in [5, 5.41) is 10.4. The molecule has 1 aliphatic carbocycles. The highest BCUT2D eigenvalue weighted by Crippen LogP contribution is 2.30. The lowest BCUT2D eigenvalue weighted by Crippen LogP contribution is -2.58. The summed E-state index contributed by atoms with van der Waals surface area (Å²) in [7, 11) is 0. The van der Waals surface area contributed by atoms with Crippen molar-refractivity contribution in [1.29, 1.82) is 0 Å². The van der Waals surface area contributed by atoms with Gasteiger partial charge in [0.15, 0.2) is 0 Å². The van der Waals surface area contributed by atoms with E-state index in [1.54, 1.807) is 0 Å². The van der Waals surface area contributed by atoms with Crippen LogP contribution >= 0.6 is 0 Å². The minimum atomic E-state index is -0.415. The highest BCUT2D eigenvalue weighted by atomic mass is 16.5. The van der Waals surface area contributed by atoms with Gasteiger partial charge in [0.05, 0.1) is 31.3 Å². The number of hydrogen-bond acceptors (Lipinski definition) is 5. The summed E-state index contributed by atoms with van der Waals surface area (Å²) in [4.78, 5) is 19.5. The second kappa shape index (κ2) is 7.28. The van der Waals surface area contributed by atoms with Crippen LogP contribution in [0.4, 0.5) is 0 Å². The summed E-state index contributed by atoms with van der Waals surface area (Å²) in [6.45, 7) is 6.23. The fourth-order valence-electron chi connectivity index (χ4n) is 4.89. The number of amides is 1. The van der Waals surface area contributed by atoms with E-state index in [4.69, 9.17) is 4.74 Å². The molecule has 3 saturated heterocycles. The molecule has 6 heteroatoms. The first-order valence-electron chi connectivity index (χ1n) is 9.75. The van der Waals surface area contributed by atoms with E-state index in [2.05, 4.69) is 9.80 Å². The third-order valence-corrected chi connectivity index (χ3v) is 6.44. The van der Waals surface area contributed by atoms with Crippen LogP contribution < -0.4 is 0 Å². The normalized spacial score (nSPS) is 34.5. The molecule has 0 aromatic rings. The second-order valence-corrected chi connectivity index (χ2v) is 7.97. The number of carbonyl (C=O) groups excluding carboxylic acids is 1. The number of hydrogen-bond donors (Lipinski definition) is 1. The number of likely N-dealkylation sites (tertiary alicyclic amines) is 2.